The van der Waals surface area contributed by atoms with E-state index in [4.69, 9.17) is 18.6 Å². The molecular formula is C12H20O7Si. The van der Waals surface area contributed by atoms with Crippen molar-refractivity contribution in [3.8, 4) is 0 Å². The molecule has 114 valence electrons. The molecule has 0 aliphatic rings. The van der Waals surface area contributed by atoms with Gasteiger partial charge in [-0.25, -0.2) is 0 Å². The normalized spacial score (nSPS) is 11.2. The summed E-state index contributed by atoms with van der Waals surface area (Å²) in [5, 5.41) is 0. The first-order valence-electron chi connectivity index (χ1n) is 6.08. The second-order valence-corrected chi connectivity index (χ2v) is 5.25. The molecule has 0 spiro atoms. The van der Waals surface area contributed by atoms with Crippen LogP contribution in [0.15, 0.2) is 12.3 Å². The van der Waals surface area contributed by atoms with Crippen LogP contribution in [0.1, 0.15) is 33.6 Å². The summed E-state index contributed by atoms with van der Waals surface area (Å²) in [5.74, 6) is -4.21. The Balaban J connectivity index is 4.76. The van der Waals surface area contributed by atoms with E-state index < -0.39 is 33.6 Å². The van der Waals surface area contributed by atoms with Gasteiger partial charge in [0, 0.05) is 27.4 Å². The van der Waals surface area contributed by atoms with Gasteiger partial charge in [0.25, 0.3) is 0 Å². The Hall–Kier alpha value is -1.67. The third-order valence-corrected chi connectivity index (χ3v) is 2.67. The lowest BCUT2D eigenvalue weighted by atomic mass is 10.3. The zero-order valence-electron chi connectivity index (χ0n) is 12.0. The highest BCUT2D eigenvalue weighted by Crippen LogP contribution is 2.23. The fourth-order valence-corrected chi connectivity index (χ4v) is 1.97. The first-order chi connectivity index (χ1) is 9.31. The van der Waals surface area contributed by atoms with E-state index in [0.29, 0.717) is 13.0 Å². The Kier molecular flexibility index (Phi) is 8.49. The van der Waals surface area contributed by atoms with Crippen LogP contribution < -0.4 is 0 Å². The molecule has 0 radical (unpaired) electrons. The predicted octanol–water partition coefficient (Wildman–Crippen LogP) is 0.354. The zero-order chi connectivity index (χ0) is 15.6. The Morgan fingerprint density at radius 3 is 1.85 bits per heavy atom. The van der Waals surface area contributed by atoms with Crippen LogP contribution in [0.5, 0.6) is 0 Å². The molecule has 0 unspecified atom stereocenters. The average molecular weight is 304 g/mol. The van der Waals surface area contributed by atoms with Crippen molar-refractivity contribution in [3.05, 3.63) is 12.3 Å². The van der Waals surface area contributed by atoms with Gasteiger partial charge in [0.15, 0.2) is 9.76 Å². The standard InChI is InChI=1S/C12H20O7Si/c1-5-20-16-8-6-7-12(17-9(2)13,18-10(3)14)19-11(4)15/h5H,1,6-8,20H2,2-4H3. The number of ether oxygens (including phenoxy) is 3. The first kappa shape index (κ1) is 18.3. The maximum absolute atomic E-state index is 11.1. The van der Waals surface area contributed by atoms with Gasteiger partial charge in [-0.05, 0) is 6.42 Å². The van der Waals surface area contributed by atoms with Crippen molar-refractivity contribution in [2.45, 2.75) is 39.6 Å². The molecule has 0 amide bonds. The fraction of sp³-hybridized carbons (Fsp3) is 0.583. The van der Waals surface area contributed by atoms with Gasteiger partial charge in [-0.1, -0.05) is 5.70 Å². The van der Waals surface area contributed by atoms with Gasteiger partial charge < -0.3 is 18.6 Å². The average Bonchev–Trinajstić information content (AvgIpc) is 2.25. The smallest absolute Gasteiger partial charge is 0.419 e. The summed E-state index contributed by atoms with van der Waals surface area (Å²) in [6, 6.07) is 0. The van der Waals surface area contributed by atoms with Gasteiger partial charge >= 0.3 is 23.9 Å². The van der Waals surface area contributed by atoms with E-state index in [1.807, 2.05) is 0 Å². The van der Waals surface area contributed by atoms with E-state index in [1.54, 1.807) is 5.70 Å². The van der Waals surface area contributed by atoms with Crippen molar-refractivity contribution in [1.29, 1.82) is 0 Å². The Morgan fingerprint density at radius 1 is 1.05 bits per heavy atom. The van der Waals surface area contributed by atoms with E-state index in [9.17, 15) is 14.4 Å². The number of carbonyl (C=O) groups excluding carboxylic acids is 3. The Labute approximate surface area is 120 Å². The SMILES string of the molecule is C=C[SiH2]OCCCC(OC(C)=O)(OC(C)=O)OC(C)=O. The largest absolute Gasteiger partial charge is 0.423 e. The lowest BCUT2D eigenvalue weighted by molar-refractivity contribution is -0.331. The molecule has 20 heavy (non-hydrogen) atoms. The number of hydrogen-bond donors (Lipinski definition) is 0. The summed E-state index contributed by atoms with van der Waals surface area (Å²) in [6.45, 7) is 7.30. The molecule has 0 N–H and O–H groups in total. The molecular weight excluding hydrogens is 284 g/mol. The minimum Gasteiger partial charge on any atom is -0.419 e. The van der Waals surface area contributed by atoms with E-state index in [0.717, 1.165) is 20.8 Å². The summed E-state index contributed by atoms with van der Waals surface area (Å²) in [6.07, 6.45) is 0.381. The molecule has 0 bridgehead atoms. The Morgan fingerprint density at radius 2 is 1.50 bits per heavy atom. The molecule has 7 nitrogen and oxygen atoms in total. The maximum Gasteiger partial charge on any atom is 0.423 e. The number of carbonyl (C=O) groups is 3. The van der Waals surface area contributed by atoms with E-state index in [2.05, 4.69) is 6.58 Å². The quantitative estimate of drug-likeness (QED) is 0.263. The van der Waals surface area contributed by atoms with Crippen LogP contribution in [-0.2, 0) is 33.0 Å². The number of hydrogen-bond acceptors (Lipinski definition) is 7. The van der Waals surface area contributed by atoms with Crippen LogP contribution >= 0.6 is 0 Å². The summed E-state index contributed by atoms with van der Waals surface area (Å²) in [4.78, 5) is 33.3. The third kappa shape index (κ3) is 8.43. The minimum atomic E-state index is -2.03. The summed E-state index contributed by atoms with van der Waals surface area (Å²) in [5.41, 5.74) is 1.72. The van der Waals surface area contributed by atoms with Crippen LogP contribution in [0, 0.1) is 0 Å². The monoisotopic (exact) mass is 304 g/mol. The van der Waals surface area contributed by atoms with Crippen LogP contribution in [0.4, 0.5) is 0 Å². The van der Waals surface area contributed by atoms with Crippen molar-refractivity contribution >= 4 is 27.7 Å². The molecule has 0 aliphatic carbocycles. The Bertz CT molecular complexity index is 326. The lowest BCUT2D eigenvalue weighted by Crippen LogP contribution is -2.43. The van der Waals surface area contributed by atoms with Crippen molar-refractivity contribution < 1.29 is 33.0 Å². The number of esters is 3. The maximum atomic E-state index is 11.1. The van der Waals surface area contributed by atoms with Crippen LogP contribution in [0.2, 0.25) is 0 Å². The second kappa shape index (κ2) is 9.27. The summed E-state index contributed by atoms with van der Waals surface area (Å²) >= 11 is 0. The van der Waals surface area contributed by atoms with Crippen LogP contribution in [-0.4, -0.2) is 40.3 Å². The molecule has 0 aliphatic heterocycles. The molecule has 0 aromatic heterocycles. The van der Waals surface area contributed by atoms with Gasteiger partial charge in [0.1, 0.15) is 0 Å². The topological polar surface area (TPSA) is 88.1 Å². The summed E-state index contributed by atoms with van der Waals surface area (Å²) < 4.78 is 19.9. The third-order valence-electron chi connectivity index (χ3n) is 1.91. The van der Waals surface area contributed by atoms with Gasteiger partial charge in [-0.2, -0.15) is 0 Å². The van der Waals surface area contributed by atoms with Crippen molar-refractivity contribution in [3.63, 3.8) is 0 Å². The van der Waals surface area contributed by atoms with E-state index in [-0.39, 0.29) is 6.42 Å². The van der Waals surface area contributed by atoms with Gasteiger partial charge in [0.2, 0.25) is 0 Å². The molecule has 0 fully saturated rings. The molecule has 0 atom stereocenters. The van der Waals surface area contributed by atoms with Crippen molar-refractivity contribution in [2.24, 2.45) is 0 Å². The van der Waals surface area contributed by atoms with Crippen molar-refractivity contribution in [1.82, 2.24) is 0 Å². The van der Waals surface area contributed by atoms with E-state index in [1.165, 1.54) is 0 Å². The number of rotatable bonds is 9. The van der Waals surface area contributed by atoms with Crippen molar-refractivity contribution in [2.75, 3.05) is 6.61 Å². The highest BCUT2D eigenvalue weighted by atomic mass is 28.2. The molecule has 0 heterocycles. The van der Waals surface area contributed by atoms with Crippen LogP contribution in [0.25, 0.3) is 0 Å². The van der Waals surface area contributed by atoms with Gasteiger partial charge in [0.05, 0.1) is 6.42 Å². The molecule has 0 aromatic rings. The molecule has 0 aromatic carbocycles. The lowest BCUT2D eigenvalue weighted by Gasteiger charge is -2.30. The highest BCUT2D eigenvalue weighted by Gasteiger charge is 2.41. The minimum absolute atomic E-state index is 0.00270. The van der Waals surface area contributed by atoms with Crippen LogP contribution in [0.3, 0.4) is 0 Å². The summed E-state index contributed by atoms with van der Waals surface area (Å²) in [7, 11) is -0.768. The molecule has 0 saturated carbocycles. The molecule has 8 heteroatoms. The molecule has 0 rings (SSSR count). The zero-order valence-corrected chi connectivity index (χ0v) is 13.4. The van der Waals surface area contributed by atoms with Gasteiger partial charge in [-0.15, -0.1) is 6.58 Å². The van der Waals surface area contributed by atoms with E-state index >= 15 is 0 Å². The second-order valence-electron chi connectivity index (χ2n) is 3.93. The fourth-order valence-electron chi connectivity index (χ4n) is 1.43. The first-order valence-corrected chi connectivity index (χ1v) is 7.48. The predicted molar refractivity (Wildman–Crippen MR) is 72.0 cm³/mol. The molecule has 0 saturated heterocycles. The highest BCUT2D eigenvalue weighted by molar-refractivity contribution is 6.33. The van der Waals surface area contributed by atoms with Gasteiger partial charge in [-0.3, -0.25) is 14.4 Å².